The number of β-lactam (4-membered cyclic amide) rings is 1. The van der Waals surface area contributed by atoms with Gasteiger partial charge in [0.2, 0.25) is 6.29 Å². The minimum absolute atomic E-state index is 0. The number of rotatable bonds is 9. The number of hydrogen-bond acceptors (Lipinski definition) is 13. The zero-order chi connectivity index (χ0) is 24.8. The van der Waals surface area contributed by atoms with Crippen molar-refractivity contribution in [2.45, 2.75) is 38.5 Å². The molecule has 16 heteroatoms. The van der Waals surface area contributed by atoms with Crippen LogP contribution in [0.2, 0.25) is 0 Å². The standard InChI is InChI=1S/C19H23N5O8S2.ClH/c1-4-29-19(28)32-9(3)31-17(27)11-6-7-33-16-13(15(26)24(11)16)22-14(25)12(23-30-5-2)10-8-34-18(20)21-10;/h6,8-9,13,16H,4-5,7H2,1-3H3,(H2,20,21)(H,22,25);1H/b23-12+;/t9?,13?,16-;/m1./s1. The number of aromatic nitrogens is 1. The van der Waals surface area contributed by atoms with Crippen LogP contribution in [0.5, 0.6) is 0 Å². The molecule has 0 saturated carbocycles. The van der Waals surface area contributed by atoms with Gasteiger partial charge in [0.25, 0.3) is 11.8 Å². The van der Waals surface area contributed by atoms with Crippen molar-refractivity contribution in [2.24, 2.45) is 5.16 Å². The third kappa shape index (κ3) is 6.55. The molecule has 3 atom stereocenters. The van der Waals surface area contributed by atoms with E-state index in [4.69, 9.17) is 20.0 Å². The quantitative estimate of drug-likeness (QED) is 0.149. The van der Waals surface area contributed by atoms with Crippen LogP contribution in [0.1, 0.15) is 26.5 Å². The fourth-order valence-corrected chi connectivity index (χ4v) is 4.73. The Morgan fingerprint density at radius 1 is 1.31 bits per heavy atom. The summed E-state index contributed by atoms with van der Waals surface area (Å²) in [6.45, 7) is 4.97. The SMILES string of the molecule is CCO/N=C(/C(=O)NC1C(=O)N2C(C(=O)OC(C)OC(=O)OCC)=CCS[C@H]12)c1csc(N)n1.Cl. The van der Waals surface area contributed by atoms with Gasteiger partial charge >= 0.3 is 12.1 Å². The molecule has 3 N–H and O–H groups in total. The average molecular weight is 550 g/mol. The Morgan fingerprint density at radius 3 is 2.69 bits per heavy atom. The molecule has 3 rings (SSSR count). The summed E-state index contributed by atoms with van der Waals surface area (Å²) in [5.41, 5.74) is 5.73. The normalized spacial score (nSPS) is 19.7. The van der Waals surface area contributed by atoms with Gasteiger partial charge in [-0.05, 0) is 19.9 Å². The Morgan fingerprint density at radius 2 is 2.06 bits per heavy atom. The number of anilines is 1. The number of thioether (sulfide) groups is 1. The first-order chi connectivity index (χ1) is 16.3. The Kier molecular flexibility index (Phi) is 10.2. The monoisotopic (exact) mass is 549 g/mol. The summed E-state index contributed by atoms with van der Waals surface area (Å²) in [5.74, 6) is -1.65. The van der Waals surface area contributed by atoms with Crippen molar-refractivity contribution in [3.8, 4) is 0 Å². The first-order valence-corrected chi connectivity index (χ1v) is 12.1. The van der Waals surface area contributed by atoms with Crippen LogP contribution < -0.4 is 11.1 Å². The molecule has 1 aromatic rings. The summed E-state index contributed by atoms with van der Waals surface area (Å²) < 4.78 is 14.5. The van der Waals surface area contributed by atoms with Gasteiger partial charge in [0, 0.05) is 18.1 Å². The van der Waals surface area contributed by atoms with E-state index in [9.17, 15) is 19.2 Å². The Bertz CT molecular complexity index is 1030. The number of carbonyl (C=O) groups excluding carboxylic acids is 4. The minimum Gasteiger partial charge on any atom is -0.435 e. The number of ether oxygens (including phenoxy) is 3. The van der Waals surface area contributed by atoms with Crippen molar-refractivity contribution in [1.29, 1.82) is 0 Å². The number of hydrogen-bond donors (Lipinski definition) is 2. The molecule has 2 unspecified atom stereocenters. The average Bonchev–Trinajstić information content (AvgIpc) is 3.22. The van der Waals surface area contributed by atoms with Crippen molar-refractivity contribution in [3.05, 3.63) is 22.8 Å². The third-order valence-corrected chi connectivity index (χ3v) is 6.26. The van der Waals surface area contributed by atoms with Crippen LogP contribution in [0.3, 0.4) is 0 Å². The molecular formula is C19H24ClN5O8S2. The van der Waals surface area contributed by atoms with E-state index >= 15 is 0 Å². The lowest BCUT2D eigenvalue weighted by molar-refractivity contribution is -0.168. The van der Waals surface area contributed by atoms with E-state index < -0.39 is 41.6 Å². The Labute approximate surface area is 214 Å². The fraction of sp³-hybridized carbons (Fsp3) is 0.474. The van der Waals surface area contributed by atoms with Gasteiger partial charge < -0.3 is 30.1 Å². The number of amides is 2. The lowest BCUT2D eigenvalue weighted by Crippen LogP contribution is -2.70. The molecule has 0 aliphatic carbocycles. The van der Waals surface area contributed by atoms with Crippen LogP contribution in [0, 0.1) is 0 Å². The van der Waals surface area contributed by atoms with Crippen LogP contribution in [-0.2, 0) is 33.4 Å². The van der Waals surface area contributed by atoms with Crippen molar-refractivity contribution in [2.75, 3.05) is 24.7 Å². The van der Waals surface area contributed by atoms with Gasteiger partial charge in [0.05, 0.1) is 6.61 Å². The minimum atomic E-state index is -1.23. The van der Waals surface area contributed by atoms with Crippen LogP contribution >= 0.6 is 35.5 Å². The molecule has 3 heterocycles. The number of halogens is 1. The molecular weight excluding hydrogens is 526 g/mol. The number of thiazole rings is 1. The van der Waals surface area contributed by atoms with Gasteiger partial charge in [0.15, 0.2) is 10.8 Å². The number of nitrogens with two attached hydrogens (primary N) is 1. The molecule has 1 aromatic heterocycles. The predicted octanol–water partition coefficient (Wildman–Crippen LogP) is 1.23. The van der Waals surface area contributed by atoms with Gasteiger partial charge in [-0.3, -0.25) is 14.5 Å². The second kappa shape index (κ2) is 12.6. The van der Waals surface area contributed by atoms with Crippen LogP contribution in [-0.4, -0.2) is 76.2 Å². The van der Waals surface area contributed by atoms with Crippen LogP contribution in [0.15, 0.2) is 22.3 Å². The lowest BCUT2D eigenvalue weighted by Gasteiger charge is -2.48. The molecule has 35 heavy (non-hydrogen) atoms. The smallest absolute Gasteiger partial charge is 0.435 e. The van der Waals surface area contributed by atoms with Gasteiger partial charge in [-0.2, -0.15) is 0 Å². The van der Waals surface area contributed by atoms with Crippen molar-refractivity contribution < 1.29 is 38.2 Å². The molecule has 2 aliphatic heterocycles. The van der Waals surface area contributed by atoms with Crippen molar-refractivity contribution >= 4 is 70.3 Å². The van der Waals surface area contributed by atoms with E-state index in [0.717, 1.165) is 11.3 Å². The van der Waals surface area contributed by atoms with E-state index in [0.29, 0.717) is 5.75 Å². The largest absolute Gasteiger partial charge is 0.511 e. The number of nitrogens with zero attached hydrogens (tertiary/aromatic N) is 3. The Hall–Kier alpha value is -3.04. The van der Waals surface area contributed by atoms with Gasteiger partial charge in [-0.1, -0.05) is 5.16 Å². The fourth-order valence-electron chi connectivity index (χ4n) is 2.99. The topological polar surface area (TPSA) is 172 Å². The molecule has 13 nitrogen and oxygen atoms in total. The highest BCUT2D eigenvalue weighted by Crippen LogP contribution is 2.38. The second-order valence-electron chi connectivity index (χ2n) is 6.68. The molecule has 2 aliphatic rings. The lowest BCUT2D eigenvalue weighted by atomic mass is 10.0. The summed E-state index contributed by atoms with van der Waals surface area (Å²) in [7, 11) is 0. The summed E-state index contributed by atoms with van der Waals surface area (Å²) in [4.78, 5) is 59.9. The number of nitrogen functional groups attached to an aromatic ring is 1. The van der Waals surface area contributed by atoms with E-state index in [1.165, 1.54) is 29.7 Å². The zero-order valence-corrected chi connectivity index (χ0v) is 21.4. The van der Waals surface area contributed by atoms with Crippen molar-refractivity contribution in [3.63, 3.8) is 0 Å². The molecule has 1 saturated heterocycles. The third-order valence-electron chi connectivity index (χ3n) is 4.40. The molecule has 0 bridgehead atoms. The highest BCUT2D eigenvalue weighted by Gasteiger charge is 2.53. The number of oxime groups is 1. The van der Waals surface area contributed by atoms with Gasteiger partial charge in [-0.25, -0.2) is 14.6 Å². The zero-order valence-electron chi connectivity index (χ0n) is 18.9. The summed E-state index contributed by atoms with van der Waals surface area (Å²) in [6, 6.07) is -0.912. The van der Waals surface area contributed by atoms with E-state index in [-0.39, 0.29) is 47.9 Å². The van der Waals surface area contributed by atoms with Gasteiger partial charge in [-0.15, -0.1) is 35.5 Å². The number of fused-ring (bicyclic) bond motifs is 1. The molecule has 0 radical (unpaired) electrons. The molecule has 2 amide bonds. The summed E-state index contributed by atoms with van der Waals surface area (Å²) in [5, 5.41) is 7.67. The van der Waals surface area contributed by atoms with E-state index in [1.54, 1.807) is 19.2 Å². The molecule has 0 aromatic carbocycles. The first kappa shape index (κ1) is 28.2. The van der Waals surface area contributed by atoms with E-state index in [2.05, 4.69) is 20.2 Å². The molecule has 0 spiro atoms. The summed E-state index contributed by atoms with van der Waals surface area (Å²) in [6.07, 6.45) is -0.686. The first-order valence-electron chi connectivity index (χ1n) is 10.2. The summed E-state index contributed by atoms with van der Waals surface area (Å²) >= 11 is 2.48. The van der Waals surface area contributed by atoms with Gasteiger partial charge in [0.1, 0.15) is 29.4 Å². The van der Waals surface area contributed by atoms with E-state index in [1.807, 2.05) is 0 Å². The number of carbonyl (C=O) groups is 4. The highest BCUT2D eigenvalue weighted by molar-refractivity contribution is 8.00. The number of esters is 1. The molecule has 192 valence electrons. The highest BCUT2D eigenvalue weighted by atomic mass is 35.5. The van der Waals surface area contributed by atoms with Crippen LogP contribution in [0.25, 0.3) is 0 Å². The predicted molar refractivity (Wildman–Crippen MR) is 129 cm³/mol. The maximum Gasteiger partial charge on any atom is 0.511 e. The Balaban J connectivity index is 0.00000432. The second-order valence-corrected chi connectivity index (χ2v) is 8.71. The van der Waals surface area contributed by atoms with Crippen molar-refractivity contribution in [1.82, 2.24) is 15.2 Å². The van der Waals surface area contributed by atoms with Crippen LogP contribution in [0.4, 0.5) is 9.93 Å². The number of nitrogens with one attached hydrogen (secondary N) is 1. The molecule has 1 fully saturated rings. The maximum absolute atomic E-state index is 12.9. The maximum atomic E-state index is 12.9.